The van der Waals surface area contributed by atoms with Crippen molar-refractivity contribution in [2.75, 3.05) is 13.1 Å². The fraction of sp³-hybridized carbons (Fsp3) is 0.273. The smallest absolute Gasteiger partial charge is 0.364 e. The van der Waals surface area contributed by atoms with Crippen molar-refractivity contribution in [3.05, 3.63) is 40.1 Å². The lowest BCUT2D eigenvalue weighted by molar-refractivity contribution is -0.389. The molecule has 0 radical (unpaired) electrons. The summed E-state index contributed by atoms with van der Waals surface area (Å²) in [5, 5.41) is 21.2. The average molecular weight is 248 g/mol. The normalized spacial score (nSPS) is 15.1. The van der Waals surface area contributed by atoms with E-state index in [9.17, 15) is 20.0 Å². The highest BCUT2D eigenvalue weighted by Crippen LogP contribution is 2.22. The van der Waals surface area contributed by atoms with E-state index in [-0.39, 0.29) is 12.4 Å². The number of aromatic nitrogens is 1. The standard InChI is InChI=1S/C11H11N3O4/c15-11(16)13-6-4-8(5-7-13)9-2-1-3-10(12-9)14(17)18/h1-4H,5-7H2,(H,15,16)/p-1. The molecule has 7 heteroatoms. The highest BCUT2D eigenvalue weighted by molar-refractivity contribution is 5.69. The summed E-state index contributed by atoms with van der Waals surface area (Å²) in [5.74, 6) is -0.212. The van der Waals surface area contributed by atoms with E-state index in [1.54, 1.807) is 18.2 Å². The van der Waals surface area contributed by atoms with E-state index in [4.69, 9.17) is 0 Å². The highest BCUT2D eigenvalue weighted by Gasteiger charge is 2.17. The summed E-state index contributed by atoms with van der Waals surface area (Å²) >= 11 is 0. The number of hydrogen-bond donors (Lipinski definition) is 0. The number of hydrogen-bond acceptors (Lipinski definition) is 5. The topological polar surface area (TPSA) is 99.4 Å². The summed E-state index contributed by atoms with van der Waals surface area (Å²) in [6.45, 7) is 0.542. The van der Waals surface area contributed by atoms with Gasteiger partial charge in [0, 0.05) is 24.7 Å². The minimum absolute atomic E-state index is 0.212. The number of nitrogens with zero attached hydrogens (tertiary/aromatic N) is 3. The molecule has 2 rings (SSSR count). The first-order valence-corrected chi connectivity index (χ1v) is 5.34. The molecule has 0 fully saturated rings. The van der Waals surface area contributed by atoms with Crippen molar-refractivity contribution in [2.24, 2.45) is 0 Å². The molecule has 0 saturated heterocycles. The molecule has 1 aromatic heterocycles. The molecule has 94 valence electrons. The van der Waals surface area contributed by atoms with Crippen LogP contribution in [0.4, 0.5) is 10.6 Å². The van der Waals surface area contributed by atoms with Gasteiger partial charge in [-0.3, -0.25) is 0 Å². The van der Waals surface area contributed by atoms with Crippen LogP contribution >= 0.6 is 0 Å². The van der Waals surface area contributed by atoms with Crippen molar-refractivity contribution >= 4 is 17.5 Å². The van der Waals surface area contributed by atoms with E-state index in [0.29, 0.717) is 18.7 Å². The lowest BCUT2D eigenvalue weighted by Gasteiger charge is -2.27. The molecule has 0 saturated carbocycles. The van der Waals surface area contributed by atoms with Crippen molar-refractivity contribution < 1.29 is 14.8 Å². The van der Waals surface area contributed by atoms with Gasteiger partial charge in [-0.2, -0.15) is 0 Å². The number of rotatable bonds is 2. The van der Waals surface area contributed by atoms with Crippen LogP contribution in [0, 0.1) is 10.1 Å². The maximum Gasteiger partial charge on any atom is 0.364 e. The summed E-state index contributed by atoms with van der Waals surface area (Å²) in [4.78, 5) is 25.8. The van der Waals surface area contributed by atoms with Gasteiger partial charge in [0.1, 0.15) is 6.09 Å². The van der Waals surface area contributed by atoms with Gasteiger partial charge in [-0.15, -0.1) is 0 Å². The summed E-state index contributed by atoms with van der Waals surface area (Å²) in [5.41, 5.74) is 1.33. The third-order valence-corrected chi connectivity index (χ3v) is 2.72. The Labute approximate surface area is 103 Å². The maximum atomic E-state index is 10.6. The van der Waals surface area contributed by atoms with Crippen LogP contribution in [0.5, 0.6) is 0 Å². The number of nitro groups is 1. The molecule has 18 heavy (non-hydrogen) atoms. The Hall–Kier alpha value is -2.44. The molecule has 1 aromatic rings. The molecule has 0 N–H and O–H groups in total. The van der Waals surface area contributed by atoms with Gasteiger partial charge in [0.15, 0.2) is 5.69 Å². The Morgan fingerprint density at radius 1 is 1.44 bits per heavy atom. The predicted octanol–water partition coefficient (Wildman–Crippen LogP) is 0.422. The van der Waals surface area contributed by atoms with E-state index in [1.165, 1.54) is 11.0 Å². The number of carbonyl (C=O) groups is 1. The second-order valence-electron chi connectivity index (χ2n) is 3.83. The summed E-state index contributed by atoms with van der Waals surface area (Å²) in [6.07, 6.45) is 0.963. The van der Waals surface area contributed by atoms with E-state index in [0.717, 1.165) is 5.57 Å². The van der Waals surface area contributed by atoms with Gasteiger partial charge in [-0.25, -0.2) is 0 Å². The minimum atomic E-state index is -1.21. The zero-order valence-corrected chi connectivity index (χ0v) is 9.41. The molecular formula is C11H10N3O4-. The third-order valence-electron chi connectivity index (χ3n) is 2.72. The number of amides is 1. The molecule has 1 amide bonds. The average Bonchev–Trinajstić information content (AvgIpc) is 2.39. The van der Waals surface area contributed by atoms with Gasteiger partial charge in [0.2, 0.25) is 0 Å². The number of carboxylic acid groups (broad SMARTS) is 1. The Balaban J connectivity index is 2.20. The molecule has 0 aliphatic carbocycles. The fourth-order valence-corrected chi connectivity index (χ4v) is 1.77. The van der Waals surface area contributed by atoms with Crippen molar-refractivity contribution in [1.29, 1.82) is 0 Å². The van der Waals surface area contributed by atoms with Crippen LogP contribution in [0.1, 0.15) is 12.1 Å². The van der Waals surface area contributed by atoms with Crippen LogP contribution < -0.4 is 5.11 Å². The van der Waals surface area contributed by atoms with Gasteiger partial charge in [-0.05, 0) is 28.5 Å². The molecule has 1 aliphatic rings. The Bertz CT molecular complexity index is 527. The lowest BCUT2D eigenvalue weighted by atomic mass is 10.0. The van der Waals surface area contributed by atoms with Gasteiger partial charge < -0.3 is 24.9 Å². The largest absolute Gasteiger partial charge is 0.530 e. The zero-order chi connectivity index (χ0) is 13.1. The quantitative estimate of drug-likeness (QED) is 0.557. The first kappa shape index (κ1) is 12.0. The Morgan fingerprint density at radius 2 is 2.22 bits per heavy atom. The second-order valence-corrected chi connectivity index (χ2v) is 3.83. The van der Waals surface area contributed by atoms with E-state index < -0.39 is 11.0 Å². The fourth-order valence-electron chi connectivity index (χ4n) is 1.77. The summed E-state index contributed by atoms with van der Waals surface area (Å²) in [7, 11) is 0. The molecule has 7 nitrogen and oxygen atoms in total. The zero-order valence-electron chi connectivity index (χ0n) is 9.41. The first-order chi connectivity index (χ1) is 8.58. The monoisotopic (exact) mass is 248 g/mol. The summed E-state index contributed by atoms with van der Waals surface area (Å²) in [6, 6.07) is 4.56. The van der Waals surface area contributed by atoms with Gasteiger partial charge in [0.05, 0.1) is 0 Å². The molecular weight excluding hydrogens is 238 g/mol. The van der Waals surface area contributed by atoms with Crippen LogP contribution in [-0.2, 0) is 0 Å². The van der Waals surface area contributed by atoms with Crippen LogP contribution in [0.15, 0.2) is 24.3 Å². The molecule has 0 unspecified atom stereocenters. The molecule has 2 heterocycles. The number of pyridine rings is 1. The van der Waals surface area contributed by atoms with Crippen molar-refractivity contribution in [3.63, 3.8) is 0 Å². The third kappa shape index (κ3) is 2.45. The van der Waals surface area contributed by atoms with Gasteiger partial charge >= 0.3 is 5.82 Å². The van der Waals surface area contributed by atoms with Crippen LogP contribution in [0.25, 0.3) is 5.57 Å². The second kappa shape index (κ2) is 4.82. The van der Waals surface area contributed by atoms with E-state index in [2.05, 4.69) is 4.98 Å². The SMILES string of the molecule is O=C([O-])N1CC=C(c2cccc([N+](=O)[O-])n2)CC1. The van der Waals surface area contributed by atoms with Crippen molar-refractivity contribution in [2.45, 2.75) is 6.42 Å². The van der Waals surface area contributed by atoms with E-state index >= 15 is 0 Å². The highest BCUT2D eigenvalue weighted by atomic mass is 16.6. The Morgan fingerprint density at radius 3 is 2.78 bits per heavy atom. The van der Waals surface area contributed by atoms with Gasteiger partial charge in [-0.1, -0.05) is 6.08 Å². The number of carbonyl (C=O) groups excluding carboxylic acids is 1. The van der Waals surface area contributed by atoms with Crippen LogP contribution in [-0.4, -0.2) is 34.0 Å². The van der Waals surface area contributed by atoms with Crippen molar-refractivity contribution in [1.82, 2.24) is 9.88 Å². The molecule has 0 aromatic carbocycles. The first-order valence-electron chi connectivity index (χ1n) is 5.34. The maximum absolute atomic E-state index is 10.6. The molecule has 0 bridgehead atoms. The van der Waals surface area contributed by atoms with Crippen LogP contribution in [0.3, 0.4) is 0 Å². The lowest BCUT2D eigenvalue weighted by Crippen LogP contribution is -2.43. The molecule has 0 atom stereocenters. The molecule has 0 spiro atoms. The van der Waals surface area contributed by atoms with Gasteiger partial charge in [0.25, 0.3) is 0 Å². The molecule has 1 aliphatic heterocycles. The predicted molar refractivity (Wildman–Crippen MR) is 60.5 cm³/mol. The summed E-state index contributed by atoms with van der Waals surface area (Å²) < 4.78 is 0. The van der Waals surface area contributed by atoms with E-state index in [1.807, 2.05) is 0 Å². The van der Waals surface area contributed by atoms with Crippen molar-refractivity contribution in [3.8, 4) is 0 Å². The van der Waals surface area contributed by atoms with Crippen LogP contribution in [0.2, 0.25) is 0 Å². The Kier molecular flexibility index (Phi) is 3.22. The minimum Gasteiger partial charge on any atom is -0.530 e.